The molecule has 1 amide bonds. The lowest BCUT2D eigenvalue weighted by Gasteiger charge is -2.39. The van der Waals surface area contributed by atoms with Crippen LogP contribution in [0.1, 0.15) is 74.9 Å². The molecule has 0 radical (unpaired) electrons. The van der Waals surface area contributed by atoms with Crippen molar-refractivity contribution < 1.29 is 33.2 Å². The predicted molar refractivity (Wildman–Crippen MR) is 266 cm³/mol. The van der Waals surface area contributed by atoms with Gasteiger partial charge in [-0.1, -0.05) is 12.2 Å². The molecular formula is C51H68N12O7. The molecule has 0 atom stereocenters. The molecule has 0 spiro atoms. The molecule has 1 N–H and O–H groups in total. The van der Waals surface area contributed by atoms with E-state index >= 15 is 0 Å². The summed E-state index contributed by atoms with van der Waals surface area (Å²) in [4.78, 5) is 52.0. The van der Waals surface area contributed by atoms with Gasteiger partial charge in [-0.3, -0.25) is 19.9 Å². The number of hydrogen-bond acceptors (Lipinski definition) is 18. The maximum absolute atomic E-state index is 13.3. The van der Waals surface area contributed by atoms with Crippen LogP contribution in [-0.4, -0.2) is 167 Å². The topological polar surface area (TPSA) is 178 Å². The first-order valence-corrected chi connectivity index (χ1v) is 24.8. The minimum absolute atomic E-state index is 0.0725. The van der Waals surface area contributed by atoms with Crippen LogP contribution in [0.3, 0.4) is 0 Å². The quantitative estimate of drug-likeness (QED) is 0.179. The van der Waals surface area contributed by atoms with Gasteiger partial charge in [0.05, 0.1) is 49.3 Å². The van der Waals surface area contributed by atoms with Gasteiger partial charge in [0.2, 0.25) is 5.88 Å². The second kappa shape index (κ2) is 22.6. The van der Waals surface area contributed by atoms with Gasteiger partial charge >= 0.3 is 6.09 Å². The van der Waals surface area contributed by atoms with Crippen molar-refractivity contribution in [3.05, 3.63) is 77.5 Å². The fourth-order valence-corrected chi connectivity index (χ4v) is 9.38. The van der Waals surface area contributed by atoms with Crippen LogP contribution in [0.25, 0.3) is 12.2 Å². The van der Waals surface area contributed by atoms with Crippen LogP contribution in [0, 0.1) is 6.92 Å². The number of carbonyl (C=O) groups is 1. The maximum Gasteiger partial charge on any atom is 0.410 e. The third-order valence-corrected chi connectivity index (χ3v) is 13.1. The second-order valence-electron chi connectivity index (χ2n) is 19.4. The van der Waals surface area contributed by atoms with Crippen LogP contribution >= 0.6 is 0 Å². The number of carbonyl (C=O) groups excluding carboxylic acids is 1. The molecule has 374 valence electrons. The largest absolute Gasteiger partial charge is 0.486 e. The van der Waals surface area contributed by atoms with Crippen LogP contribution in [-0.2, 0) is 17.8 Å². The van der Waals surface area contributed by atoms with Gasteiger partial charge in [0.15, 0.2) is 34.6 Å². The van der Waals surface area contributed by atoms with E-state index in [0.717, 1.165) is 149 Å². The first-order chi connectivity index (χ1) is 34.0. The number of amides is 1. The molecular weight excluding hydrogens is 893 g/mol. The summed E-state index contributed by atoms with van der Waals surface area (Å²) >= 11 is 0. The molecule has 4 aromatic heterocycles. The molecule has 0 aliphatic carbocycles. The zero-order valence-electron chi connectivity index (χ0n) is 41.3. The molecule has 2 saturated heterocycles. The lowest BCUT2D eigenvalue weighted by molar-refractivity contribution is 0.00555. The minimum Gasteiger partial charge on any atom is -0.486 e. The number of pyridine rings is 2. The zero-order valence-corrected chi connectivity index (χ0v) is 41.3. The van der Waals surface area contributed by atoms with Crippen LogP contribution in [0.2, 0.25) is 0 Å². The Hall–Kier alpha value is -6.31. The minimum atomic E-state index is -0.573. The highest BCUT2D eigenvalue weighted by Crippen LogP contribution is 2.32. The number of aryl methyl sites for hydroxylation is 1. The Morgan fingerprint density at radius 2 is 1.24 bits per heavy atom. The highest BCUT2D eigenvalue weighted by Gasteiger charge is 2.33. The Bertz CT molecular complexity index is 2470. The van der Waals surface area contributed by atoms with E-state index in [2.05, 4.69) is 62.0 Å². The molecule has 19 heteroatoms. The average Bonchev–Trinajstić information content (AvgIpc) is 3.38. The van der Waals surface area contributed by atoms with Crippen molar-refractivity contribution >= 4 is 29.9 Å². The van der Waals surface area contributed by atoms with Crippen molar-refractivity contribution in [1.82, 2.24) is 49.9 Å². The number of likely N-dealkylation sites (tertiary alicyclic amines) is 2. The van der Waals surface area contributed by atoms with Crippen molar-refractivity contribution in [1.29, 1.82) is 0 Å². The van der Waals surface area contributed by atoms with E-state index in [9.17, 15) is 4.79 Å². The van der Waals surface area contributed by atoms with Gasteiger partial charge in [0.1, 0.15) is 43.4 Å². The molecule has 0 unspecified atom stereocenters. The maximum atomic E-state index is 13.3. The standard InChI is InChI=1S/C28H38N6O4.C23H30N6O3/c1-20-17-30-23-6-5-9-33(26(23)31-20)13-12-32-10-7-22(8-11-32)34(27(35)38-28(2,3)4)19-21-16-24-25(18-29-21)37-15-14-36-24;1-30-22-16-26-19-3-2-6-29(23(19)27-22)10-9-28-7-4-17(5-8-28)24-14-18-13-20-21(15-25-18)32-12-11-31-20/h5-6,16-18,22H,7-15,19H2,1-4H3;2-3,13,15-17,24H,4-12,14H2,1H3. The zero-order chi connectivity index (χ0) is 48.5. The normalized spacial score (nSPS) is 18.1. The number of hydrogen-bond donors (Lipinski definition) is 1. The first kappa shape index (κ1) is 48.7. The predicted octanol–water partition coefficient (Wildman–Crippen LogP) is 5.42. The fourth-order valence-electron chi connectivity index (χ4n) is 9.38. The molecule has 6 aliphatic heterocycles. The average molecular weight is 961 g/mol. The van der Waals surface area contributed by atoms with Gasteiger partial charge in [-0.25, -0.2) is 14.8 Å². The number of ether oxygens (including phenoxy) is 6. The summed E-state index contributed by atoms with van der Waals surface area (Å²) in [6.45, 7) is 20.5. The number of nitrogens with zero attached hydrogens (tertiary/aromatic N) is 11. The van der Waals surface area contributed by atoms with Gasteiger partial charge in [-0.2, -0.15) is 4.98 Å². The molecule has 4 aromatic rings. The van der Waals surface area contributed by atoms with E-state index in [-0.39, 0.29) is 12.1 Å². The Kier molecular flexibility index (Phi) is 15.7. The summed E-state index contributed by atoms with van der Waals surface area (Å²) in [5.74, 6) is 5.29. The number of fused-ring (bicyclic) bond motifs is 4. The van der Waals surface area contributed by atoms with E-state index in [0.29, 0.717) is 56.4 Å². The number of rotatable bonds is 13. The number of piperidine rings is 2. The third-order valence-electron chi connectivity index (χ3n) is 13.1. The molecule has 0 aromatic carbocycles. The highest BCUT2D eigenvalue weighted by molar-refractivity contribution is 5.69. The second-order valence-corrected chi connectivity index (χ2v) is 19.4. The first-order valence-electron chi connectivity index (χ1n) is 24.8. The Balaban J connectivity index is 0.000000176. The van der Waals surface area contributed by atoms with Crippen molar-refractivity contribution in [2.45, 2.75) is 84.2 Å². The smallest absolute Gasteiger partial charge is 0.410 e. The Morgan fingerprint density at radius 3 is 1.84 bits per heavy atom. The van der Waals surface area contributed by atoms with E-state index in [1.54, 1.807) is 25.7 Å². The van der Waals surface area contributed by atoms with Crippen LogP contribution < -0.4 is 38.8 Å². The molecule has 70 heavy (non-hydrogen) atoms. The van der Waals surface area contributed by atoms with Gasteiger partial charge in [-0.15, -0.1) is 0 Å². The molecule has 19 nitrogen and oxygen atoms in total. The lowest BCUT2D eigenvalue weighted by atomic mass is 10.0. The van der Waals surface area contributed by atoms with Gasteiger partial charge in [0.25, 0.3) is 0 Å². The number of anilines is 2. The molecule has 10 heterocycles. The van der Waals surface area contributed by atoms with Crippen molar-refractivity contribution in [3.8, 4) is 28.9 Å². The van der Waals surface area contributed by atoms with E-state index < -0.39 is 5.60 Å². The van der Waals surface area contributed by atoms with Crippen molar-refractivity contribution in [2.24, 2.45) is 0 Å². The summed E-state index contributed by atoms with van der Waals surface area (Å²) in [5.41, 5.74) is 3.95. The Morgan fingerprint density at radius 1 is 0.700 bits per heavy atom. The summed E-state index contributed by atoms with van der Waals surface area (Å²) in [6, 6.07) is 4.44. The Labute approximate surface area is 411 Å². The van der Waals surface area contributed by atoms with E-state index in [1.165, 1.54) is 0 Å². The highest BCUT2D eigenvalue weighted by atomic mass is 16.6. The van der Waals surface area contributed by atoms with Gasteiger partial charge < -0.3 is 53.3 Å². The summed E-state index contributed by atoms with van der Waals surface area (Å²) in [5, 5.41) is 3.66. The molecule has 2 fully saturated rings. The molecule has 10 rings (SSSR count). The van der Waals surface area contributed by atoms with Gasteiger partial charge in [-0.05, 0) is 78.6 Å². The summed E-state index contributed by atoms with van der Waals surface area (Å²) in [7, 11) is 1.63. The van der Waals surface area contributed by atoms with Crippen LogP contribution in [0.4, 0.5) is 16.4 Å². The molecule has 0 bridgehead atoms. The molecule has 6 aliphatic rings. The number of nitrogens with one attached hydrogen (secondary N) is 1. The number of aromatic nitrogens is 6. The summed E-state index contributed by atoms with van der Waals surface area (Å²) < 4.78 is 33.6. The molecule has 0 saturated carbocycles. The van der Waals surface area contributed by atoms with Crippen LogP contribution in [0.5, 0.6) is 28.9 Å². The third kappa shape index (κ3) is 12.7. The van der Waals surface area contributed by atoms with E-state index in [1.807, 2.05) is 63.1 Å². The monoisotopic (exact) mass is 961 g/mol. The van der Waals surface area contributed by atoms with Crippen LogP contribution in [0.15, 0.2) is 49.1 Å². The van der Waals surface area contributed by atoms with Crippen molar-refractivity contribution in [2.75, 3.05) is 109 Å². The van der Waals surface area contributed by atoms with Crippen molar-refractivity contribution in [3.63, 3.8) is 0 Å². The number of methoxy groups -OCH3 is 1. The SMILES string of the molecule is COc1cnc2c(n1)N(CCN1CCC(NCc3cc4c(cn3)OCCO4)CC1)CC=C2.Cc1cnc2c(n1)N(CCN1CCC(N(Cc3cc4c(cn3)OCCO4)C(=O)OC(C)(C)C)CC1)CC=C2. The van der Waals surface area contributed by atoms with Gasteiger partial charge in [0, 0.05) is 89.3 Å². The fraction of sp³-hybridized carbons (Fsp3) is 0.549. The lowest BCUT2D eigenvalue weighted by Crippen LogP contribution is -2.49. The van der Waals surface area contributed by atoms with E-state index in [4.69, 9.17) is 33.4 Å². The summed E-state index contributed by atoms with van der Waals surface area (Å²) in [6.07, 6.45) is 19.0.